The summed E-state index contributed by atoms with van der Waals surface area (Å²) in [5, 5.41) is 4.35. The Bertz CT molecular complexity index is 580. The minimum absolute atomic E-state index is 0.227. The van der Waals surface area contributed by atoms with Crippen molar-refractivity contribution >= 4 is 21.6 Å². The summed E-state index contributed by atoms with van der Waals surface area (Å²) in [5.74, 6) is 0. The van der Waals surface area contributed by atoms with Crippen molar-refractivity contribution in [1.82, 2.24) is 9.78 Å². The molecule has 21 heavy (non-hydrogen) atoms. The predicted octanol–water partition coefficient (Wildman–Crippen LogP) is 2.41. The van der Waals surface area contributed by atoms with E-state index in [2.05, 4.69) is 50.2 Å². The summed E-state index contributed by atoms with van der Waals surface area (Å²) in [6.07, 6.45) is 1.78. The molecule has 0 radical (unpaired) electrons. The molecule has 0 aliphatic rings. The van der Waals surface area contributed by atoms with Crippen LogP contribution in [0.4, 0.5) is 5.69 Å². The van der Waals surface area contributed by atoms with E-state index in [0.29, 0.717) is 13.2 Å². The topological polar surface area (TPSA) is 56.3 Å². The Morgan fingerprint density at radius 2 is 2.00 bits per heavy atom. The van der Waals surface area contributed by atoms with Crippen molar-refractivity contribution in [2.45, 2.75) is 12.6 Å². The number of anilines is 1. The molecule has 2 rings (SSSR count). The molecule has 0 bridgehead atoms. The second-order valence-electron chi connectivity index (χ2n) is 5.06. The molecule has 6 heteroatoms. The van der Waals surface area contributed by atoms with Crippen LogP contribution in [-0.2, 0) is 11.3 Å². The van der Waals surface area contributed by atoms with Crippen molar-refractivity contribution in [2.24, 2.45) is 5.73 Å². The van der Waals surface area contributed by atoms with Crippen molar-refractivity contribution in [2.75, 3.05) is 32.7 Å². The summed E-state index contributed by atoms with van der Waals surface area (Å²) in [4.78, 5) is 2.06. The van der Waals surface area contributed by atoms with Crippen LogP contribution in [0.1, 0.15) is 17.3 Å². The van der Waals surface area contributed by atoms with Gasteiger partial charge >= 0.3 is 0 Å². The van der Waals surface area contributed by atoms with Gasteiger partial charge in [0.2, 0.25) is 0 Å². The van der Waals surface area contributed by atoms with E-state index < -0.39 is 0 Å². The smallest absolute Gasteiger partial charge is 0.0739 e. The van der Waals surface area contributed by atoms with Crippen molar-refractivity contribution in [3.63, 3.8) is 0 Å². The molecular formula is C15H21BrN4O. The fourth-order valence-corrected chi connectivity index (χ4v) is 2.72. The number of nitrogens with zero attached hydrogens (tertiary/aromatic N) is 3. The molecule has 0 aliphatic carbocycles. The van der Waals surface area contributed by atoms with Gasteiger partial charge in [-0.05, 0) is 33.6 Å². The first-order valence-corrected chi connectivity index (χ1v) is 7.57. The Morgan fingerprint density at radius 1 is 1.33 bits per heavy atom. The molecule has 1 atom stereocenters. The molecule has 1 aromatic heterocycles. The van der Waals surface area contributed by atoms with E-state index in [0.717, 1.165) is 21.4 Å². The quantitative estimate of drug-likeness (QED) is 0.867. The van der Waals surface area contributed by atoms with Crippen molar-refractivity contribution < 1.29 is 4.74 Å². The van der Waals surface area contributed by atoms with Gasteiger partial charge in [-0.1, -0.05) is 12.1 Å². The van der Waals surface area contributed by atoms with Crippen molar-refractivity contribution in [3.8, 4) is 0 Å². The second-order valence-corrected chi connectivity index (χ2v) is 5.91. The maximum absolute atomic E-state index is 6.42. The molecule has 0 fully saturated rings. The van der Waals surface area contributed by atoms with Crippen LogP contribution in [0.15, 0.2) is 34.9 Å². The molecule has 0 saturated carbocycles. The molecule has 0 spiro atoms. The van der Waals surface area contributed by atoms with Crippen LogP contribution in [0.2, 0.25) is 0 Å². The lowest BCUT2D eigenvalue weighted by Crippen LogP contribution is -2.19. The number of ether oxygens (including phenoxy) is 1. The highest BCUT2D eigenvalue weighted by molar-refractivity contribution is 9.10. The zero-order chi connectivity index (χ0) is 15.4. The molecule has 1 unspecified atom stereocenters. The molecule has 1 aromatic carbocycles. The summed E-state index contributed by atoms with van der Waals surface area (Å²) in [5.41, 5.74) is 9.58. The number of hydrogen-bond acceptors (Lipinski definition) is 4. The minimum atomic E-state index is -0.227. The minimum Gasteiger partial charge on any atom is -0.383 e. The standard InChI is InChI=1S/C15H21BrN4O/c1-19(2)12-6-4-11(5-7-12)14(17)15-13(16)10-18-20(15)8-9-21-3/h4-7,10,14H,8-9,17H2,1-3H3. The zero-order valence-corrected chi connectivity index (χ0v) is 14.2. The van der Waals surface area contributed by atoms with Crippen LogP contribution in [0.5, 0.6) is 0 Å². The first-order chi connectivity index (χ1) is 10.0. The molecule has 2 N–H and O–H groups in total. The number of hydrogen-bond donors (Lipinski definition) is 1. The summed E-state index contributed by atoms with van der Waals surface area (Å²) in [6, 6.07) is 8.02. The van der Waals surface area contributed by atoms with Gasteiger partial charge in [0.1, 0.15) is 0 Å². The van der Waals surface area contributed by atoms with Gasteiger partial charge in [0, 0.05) is 26.9 Å². The highest BCUT2D eigenvalue weighted by Gasteiger charge is 2.18. The average Bonchev–Trinajstić information content (AvgIpc) is 2.85. The van der Waals surface area contributed by atoms with Crippen LogP contribution < -0.4 is 10.6 Å². The molecule has 1 heterocycles. The van der Waals surface area contributed by atoms with Gasteiger partial charge in [-0.15, -0.1) is 0 Å². The number of methoxy groups -OCH3 is 1. The lowest BCUT2D eigenvalue weighted by molar-refractivity contribution is 0.182. The third kappa shape index (κ3) is 3.64. The number of nitrogens with two attached hydrogens (primary N) is 1. The maximum Gasteiger partial charge on any atom is 0.0739 e. The Labute approximate surface area is 133 Å². The third-order valence-corrected chi connectivity index (χ3v) is 4.01. The van der Waals surface area contributed by atoms with E-state index in [1.807, 2.05) is 18.8 Å². The van der Waals surface area contributed by atoms with Gasteiger partial charge in [-0.25, -0.2) is 0 Å². The molecule has 5 nitrogen and oxygen atoms in total. The molecule has 0 aliphatic heterocycles. The van der Waals surface area contributed by atoms with Crippen LogP contribution in [0, 0.1) is 0 Å². The van der Waals surface area contributed by atoms with E-state index >= 15 is 0 Å². The van der Waals surface area contributed by atoms with E-state index in [9.17, 15) is 0 Å². The monoisotopic (exact) mass is 352 g/mol. The van der Waals surface area contributed by atoms with Gasteiger partial charge in [0.15, 0.2) is 0 Å². The highest BCUT2D eigenvalue weighted by Crippen LogP contribution is 2.27. The zero-order valence-electron chi connectivity index (χ0n) is 12.6. The van der Waals surface area contributed by atoms with E-state index in [4.69, 9.17) is 10.5 Å². The number of halogens is 1. The fourth-order valence-electron chi connectivity index (χ4n) is 2.17. The lowest BCUT2D eigenvalue weighted by Gasteiger charge is -2.17. The Balaban J connectivity index is 2.26. The fraction of sp³-hybridized carbons (Fsp3) is 0.400. The number of rotatable bonds is 6. The first-order valence-electron chi connectivity index (χ1n) is 6.77. The normalized spacial score (nSPS) is 12.4. The highest BCUT2D eigenvalue weighted by atomic mass is 79.9. The number of benzene rings is 1. The third-order valence-electron chi connectivity index (χ3n) is 3.40. The lowest BCUT2D eigenvalue weighted by atomic mass is 10.0. The van der Waals surface area contributed by atoms with E-state index in [-0.39, 0.29) is 6.04 Å². The van der Waals surface area contributed by atoms with E-state index in [1.54, 1.807) is 13.3 Å². The SMILES string of the molecule is COCCn1ncc(Br)c1C(N)c1ccc(N(C)C)cc1. The van der Waals surface area contributed by atoms with Gasteiger partial charge in [0.25, 0.3) is 0 Å². The summed E-state index contributed by atoms with van der Waals surface area (Å²) in [7, 11) is 5.72. The molecule has 2 aromatic rings. The largest absolute Gasteiger partial charge is 0.383 e. The van der Waals surface area contributed by atoms with E-state index in [1.165, 1.54) is 0 Å². The van der Waals surface area contributed by atoms with Crippen LogP contribution in [0.3, 0.4) is 0 Å². The Morgan fingerprint density at radius 3 is 2.57 bits per heavy atom. The predicted molar refractivity (Wildman–Crippen MR) is 88.6 cm³/mol. The summed E-state index contributed by atoms with van der Waals surface area (Å²) < 4.78 is 7.92. The van der Waals surface area contributed by atoms with Gasteiger partial charge in [-0.3, -0.25) is 4.68 Å². The molecular weight excluding hydrogens is 332 g/mol. The van der Waals surface area contributed by atoms with Crippen molar-refractivity contribution in [1.29, 1.82) is 0 Å². The van der Waals surface area contributed by atoms with Crippen molar-refractivity contribution in [3.05, 3.63) is 46.2 Å². The average molecular weight is 353 g/mol. The molecule has 0 amide bonds. The van der Waals surface area contributed by atoms with Gasteiger partial charge < -0.3 is 15.4 Å². The van der Waals surface area contributed by atoms with Gasteiger partial charge in [0.05, 0.1) is 35.6 Å². The Kier molecular flexibility index (Phi) is 5.39. The first kappa shape index (κ1) is 16.0. The van der Waals surface area contributed by atoms with Crippen LogP contribution >= 0.6 is 15.9 Å². The Hall–Kier alpha value is -1.37. The maximum atomic E-state index is 6.42. The van der Waals surface area contributed by atoms with Crippen LogP contribution in [-0.4, -0.2) is 37.6 Å². The second kappa shape index (κ2) is 7.06. The molecule has 114 valence electrons. The van der Waals surface area contributed by atoms with Gasteiger partial charge in [-0.2, -0.15) is 5.10 Å². The van der Waals surface area contributed by atoms with Crippen LogP contribution in [0.25, 0.3) is 0 Å². The summed E-state index contributed by atoms with van der Waals surface area (Å²) in [6.45, 7) is 1.29. The number of aromatic nitrogens is 2. The summed E-state index contributed by atoms with van der Waals surface area (Å²) >= 11 is 3.53. The molecule has 0 saturated heterocycles.